The number of nitrogens with zero attached hydrogens (tertiary/aromatic N) is 2. The topological polar surface area (TPSA) is 42.1 Å². The number of anilines is 1. The number of hydrogen-bond acceptors (Lipinski definition) is 3. The molecule has 0 aliphatic carbocycles. The lowest BCUT2D eigenvalue weighted by Crippen LogP contribution is -2.40. The highest BCUT2D eigenvalue weighted by Gasteiger charge is 2.21. The van der Waals surface area contributed by atoms with Crippen LogP contribution in [0.5, 0.6) is 0 Å². The average Bonchev–Trinajstić information content (AvgIpc) is 2.28. The molecular formula is C14H24BrN3. The number of rotatable bonds is 6. The molecule has 3 nitrogen and oxygen atoms in total. The predicted octanol–water partition coefficient (Wildman–Crippen LogP) is 3.35. The predicted molar refractivity (Wildman–Crippen MR) is 82.0 cm³/mol. The van der Waals surface area contributed by atoms with Crippen molar-refractivity contribution in [2.75, 3.05) is 24.5 Å². The average molecular weight is 314 g/mol. The second-order valence-electron chi connectivity index (χ2n) is 5.58. The minimum atomic E-state index is 0.108. The molecule has 0 bridgehead atoms. The van der Waals surface area contributed by atoms with Crippen molar-refractivity contribution >= 4 is 21.7 Å². The molecule has 0 fully saturated rings. The highest BCUT2D eigenvalue weighted by Crippen LogP contribution is 2.24. The second kappa shape index (κ2) is 6.53. The summed E-state index contributed by atoms with van der Waals surface area (Å²) in [5.41, 5.74) is 7.14. The van der Waals surface area contributed by atoms with Crippen molar-refractivity contribution < 1.29 is 0 Å². The second-order valence-corrected chi connectivity index (χ2v) is 6.50. The fraction of sp³-hybridized carbons (Fsp3) is 0.643. The van der Waals surface area contributed by atoms with Crippen LogP contribution in [0, 0.1) is 12.3 Å². The van der Waals surface area contributed by atoms with E-state index in [-0.39, 0.29) is 5.41 Å². The number of aromatic nitrogens is 1. The Morgan fingerprint density at radius 1 is 1.44 bits per heavy atom. The van der Waals surface area contributed by atoms with Gasteiger partial charge in [-0.3, -0.25) is 0 Å². The maximum absolute atomic E-state index is 5.84. The van der Waals surface area contributed by atoms with Crippen molar-refractivity contribution in [3.8, 4) is 0 Å². The van der Waals surface area contributed by atoms with E-state index in [9.17, 15) is 0 Å². The number of halogens is 1. The molecule has 0 aliphatic rings. The van der Waals surface area contributed by atoms with Crippen LogP contribution in [0.15, 0.2) is 16.7 Å². The van der Waals surface area contributed by atoms with Crippen molar-refractivity contribution in [3.63, 3.8) is 0 Å². The molecule has 1 aromatic rings. The van der Waals surface area contributed by atoms with Crippen molar-refractivity contribution in [2.24, 2.45) is 11.1 Å². The van der Waals surface area contributed by atoms with Crippen LogP contribution < -0.4 is 10.6 Å². The van der Waals surface area contributed by atoms with E-state index in [0.717, 1.165) is 29.8 Å². The Bertz CT molecular complexity index is 391. The monoisotopic (exact) mass is 313 g/mol. The summed E-state index contributed by atoms with van der Waals surface area (Å²) in [5, 5.41) is 0. The molecule has 0 saturated heterocycles. The molecule has 4 heteroatoms. The first-order valence-corrected chi connectivity index (χ1v) is 7.26. The molecule has 0 atom stereocenters. The van der Waals surface area contributed by atoms with Crippen molar-refractivity contribution in [1.29, 1.82) is 0 Å². The Morgan fingerprint density at radius 3 is 2.61 bits per heavy atom. The van der Waals surface area contributed by atoms with Gasteiger partial charge in [0, 0.05) is 23.8 Å². The highest BCUT2D eigenvalue weighted by molar-refractivity contribution is 9.10. The zero-order valence-electron chi connectivity index (χ0n) is 11.8. The van der Waals surface area contributed by atoms with Gasteiger partial charge in [-0.2, -0.15) is 0 Å². The van der Waals surface area contributed by atoms with E-state index in [2.05, 4.69) is 59.6 Å². The summed E-state index contributed by atoms with van der Waals surface area (Å²) in [5.74, 6) is 1.07. The molecule has 102 valence electrons. The van der Waals surface area contributed by atoms with Gasteiger partial charge < -0.3 is 10.6 Å². The molecule has 0 saturated carbocycles. The van der Waals surface area contributed by atoms with Crippen LogP contribution in [-0.2, 0) is 0 Å². The van der Waals surface area contributed by atoms with E-state index in [1.165, 1.54) is 5.56 Å². The fourth-order valence-corrected chi connectivity index (χ4v) is 2.42. The SMILES string of the molecule is CCCN(CC(C)(C)CN)c1ncc(Br)cc1C. The summed E-state index contributed by atoms with van der Waals surface area (Å²) < 4.78 is 1.03. The molecule has 0 aliphatic heterocycles. The Hall–Kier alpha value is -0.610. The first-order valence-electron chi connectivity index (χ1n) is 6.47. The third-order valence-electron chi connectivity index (χ3n) is 2.98. The summed E-state index contributed by atoms with van der Waals surface area (Å²) in [7, 11) is 0. The molecule has 2 N–H and O–H groups in total. The van der Waals surface area contributed by atoms with Gasteiger partial charge in [-0.25, -0.2) is 4.98 Å². The molecule has 1 aromatic heterocycles. The van der Waals surface area contributed by atoms with Crippen molar-refractivity contribution in [3.05, 3.63) is 22.3 Å². The number of pyridine rings is 1. The lowest BCUT2D eigenvalue weighted by atomic mass is 9.93. The maximum Gasteiger partial charge on any atom is 0.131 e. The molecule has 0 aromatic carbocycles. The van der Waals surface area contributed by atoms with Crippen molar-refractivity contribution in [1.82, 2.24) is 4.98 Å². The third kappa shape index (κ3) is 4.25. The largest absolute Gasteiger partial charge is 0.356 e. The Morgan fingerprint density at radius 2 is 2.11 bits per heavy atom. The van der Waals surface area contributed by atoms with Gasteiger partial charge in [-0.05, 0) is 52.9 Å². The molecule has 0 spiro atoms. The quantitative estimate of drug-likeness (QED) is 0.875. The van der Waals surface area contributed by atoms with Crippen LogP contribution in [0.25, 0.3) is 0 Å². The lowest BCUT2D eigenvalue weighted by Gasteiger charge is -2.33. The minimum Gasteiger partial charge on any atom is -0.356 e. The van der Waals surface area contributed by atoms with E-state index in [4.69, 9.17) is 5.73 Å². The van der Waals surface area contributed by atoms with Crippen LogP contribution >= 0.6 is 15.9 Å². The van der Waals surface area contributed by atoms with E-state index in [1.54, 1.807) is 0 Å². The number of aryl methyl sites for hydroxylation is 1. The molecule has 1 heterocycles. The Kier molecular flexibility index (Phi) is 5.60. The summed E-state index contributed by atoms with van der Waals surface area (Å²) in [6.45, 7) is 11.3. The number of hydrogen-bond donors (Lipinski definition) is 1. The number of nitrogens with two attached hydrogens (primary N) is 1. The van der Waals surface area contributed by atoms with Crippen LogP contribution in [0.3, 0.4) is 0 Å². The summed E-state index contributed by atoms with van der Waals surface area (Å²) in [6, 6.07) is 2.11. The molecule has 18 heavy (non-hydrogen) atoms. The zero-order chi connectivity index (χ0) is 13.8. The van der Waals surface area contributed by atoms with Crippen molar-refractivity contribution in [2.45, 2.75) is 34.1 Å². The van der Waals surface area contributed by atoms with Gasteiger partial charge in [-0.1, -0.05) is 20.8 Å². The van der Waals surface area contributed by atoms with E-state index in [0.29, 0.717) is 6.54 Å². The summed E-state index contributed by atoms with van der Waals surface area (Å²) >= 11 is 3.46. The normalized spacial score (nSPS) is 11.7. The fourth-order valence-electron chi connectivity index (χ4n) is 1.98. The molecule has 0 unspecified atom stereocenters. The molecule has 1 rings (SSSR count). The van der Waals surface area contributed by atoms with Gasteiger partial charge >= 0.3 is 0 Å². The van der Waals surface area contributed by atoms with Gasteiger partial charge in [0.05, 0.1) is 0 Å². The van der Waals surface area contributed by atoms with Crippen LogP contribution in [0.4, 0.5) is 5.82 Å². The Balaban J connectivity index is 2.97. The van der Waals surface area contributed by atoms with E-state index < -0.39 is 0 Å². The molecule has 0 amide bonds. The highest BCUT2D eigenvalue weighted by atomic mass is 79.9. The standard InChI is InChI=1S/C14H24BrN3/c1-5-6-18(10-14(3,4)9-16)13-11(2)7-12(15)8-17-13/h7-8H,5-6,9-10,16H2,1-4H3. The van der Waals surface area contributed by atoms with Gasteiger partial charge in [0.1, 0.15) is 5.82 Å². The molecular weight excluding hydrogens is 290 g/mol. The first kappa shape index (κ1) is 15.4. The van der Waals surface area contributed by atoms with Gasteiger partial charge in [0.15, 0.2) is 0 Å². The van der Waals surface area contributed by atoms with E-state index in [1.807, 2.05) is 6.20 Å². The van der Waals surface area contributed by atoms with Gasteiger partial charge in [-0.15, -0.1) is 0 Å². The van der Waals surface area contributed by atoms with Gasteiger partial charge in [0.2, 0.25) is 0 Å². The van der Waals surface area contributed by atoms with Crippen LogP contribution in [0.2, 0.25) is 0 Å². The molecule has 0 radical (unpaired) electrons. The smallest absolute Gasteiger partial charge is 0.131 e. The van der Waals surface area contributed by atoms with E-state index >= 15 is 0 Å². The van der Waals surface area contributed by atoms with Crippen LogP contribution in [0.1, 0.15) is 32.8 Å². The summed E-state index contributed by atoms with van der Waals surface area (Å²) in [6.07, 6.45) is 2.97. The summed E-state index contributed by atoms with van der Waals surface area (Å²) in [4.78, 5) is 6.90. The zero-order valence-corrected chi connectivity index (χ0v) is 13.4. The first-order chi connectivity index (χ1) is 8.39. The Labute approximate surface area is 119 Å². The van der Waals surface area contributed by atoms with Gasteiger partial charge in [0.25, 0.3) is 0 Å². The van der Waals surface area contributed by atoms with Crippen LogP contribution in [-0.4, -0.2) is 24.6 Å². The third-order valence-corrected chi connectivity index (χ3v) is 3.42. The maximum atomic E-state index is 5.84. The lowest BCUT2D eigenvalue weighted by molar-refractivity contribution is 0.376. The minimum absolute atomic E-state index is 0.108.